The summed E-state index contributed by atoms with van der Waals surface area (Å²) in [6.07, 6.45) is 3.98. The molecule has 2 unspecified atom stereocenters. The number of carbonyl (C=O) groups is 1. The summed E-state index contributed by atoms with van der Waals surface area (Å²) in [5.74, 6) is -0.350. The Morgan fingerprint density at radius 3 is 2.79 bits per heavy atom. The van der Waals surface area contributed by atoms with Gasteiger partial charge in [-0.1, -0.05) is 13.0 Å². The van der Waals surface area contributed by atoms with Crippen molar-refractivity contribution in [2.45, 2.75) is 25.1 Å². The van der Waals surface area contributed by atoms with Crippen LogP contribution in [0, 0.1) is 0 Å². The average Bonchev–Trinajstić information content (AvgIpc) is 3.03. The van der Waals surface area contributed by atoms with Crippen LogP contribution in [-0.4, -0.2) is 15.8 Å². The lowest BCUT2D eigenvalue weighted by Crippen LogP contribution is -2.28. The molecule has 0 aliphatic heterocycles. The topological polar surface area (TPSA) is 79.3 Å². The Morgan fingerprint density at radius 1 is 1.43 bits per heavy atom. The lowest BCUT2D eigenvalue weighted by molar-refractivity contribution is 0.0849. The summed E-state index contributed by atoms with van der Waals surface area (Å²) in [7, 11) is -3.72. The van der Waals surface area contributed by atoms with Gasteiger partial charge in [-0.25, -0.2) is 0 Å². The maximum absolute atomic E-state index is 14.0. The van der Waals surface area contributed by atoms with Gasteiger partial charge in [-0.3, -0.25) is 9.78 Å². The first-order valence-corrected chi connectivity index (χ1v) is 11.0. The Balaban J connectivity index is 1.92. The molecule has 0 radical (unpaired) electrons. The molecule has 0 aliphatic rings. The monoisotopic (exact) mass is 487 g/mol. The van der Waals surface area contributed by atoms with Gasteiger partial charge in [0.25, 0.3) is 5.91 Å². The minimum absolute atomic E-state index is 0.0175. The van der Waals surface area contributed by atoms with Crippen molar-refractivity contribution in [3.63, 3.8) is 0 Å². The fourth-order valence-electron chi connectivity index (χ4n) is 2.73. The summed E-state index contributed by atoms with van der Waals surface area (Å²) in [5, 5.41) is 3.30. The van der Waals surface area contributed by atoms with Crippen molar-refractivity contribution < 1.29 is 23.0 Å². The van der Waals surface area contributed by atoms with Crippen molar-refractivity contribution >= 4 is 51.3 Å². The van der Waals surface area contributed by atoms with E-state index in [-0.39, 0.29) is 16.4 Å². The van der Waals surface area contributed by atoms with Crippen LogP contribution >= 0.6 is 35.3 Å². The molecule has 10 heteroatoms. The molecule has 0 saturated carbocycles. The molecular weight excluding hydrogens is 473 g/mol. The van der Waals surface area contributed by atoms with Crippen LogP contribution in [0.2, 0.25) is 0 Å². The highest BCUT2D eigenvalue weighted by atomic mass is 79.9. The molecule has 1 aromatic carbocycles. The van der Waals surface area contributed by atoms with Gasteiger partial charge in [0.1, 0.15) is 4.88 Å². The summed E-state index contributed by atoms with van der Waals surface area (Å²) in [4.78, 5) is 25.1. The Morgan fingerprint density at radius 2 is 2.18 bits per heavy atom. The van der Waals surface area contributed by atoms with E-state index in [1.54, 1.807) is 24.5 Å². The molecule has 2 N–H and O–H groups in total. The lowest BCUT2D eigenvalue weighted by atomic mass is 10.1. The van der Waals surface area contributed by atoms with E-state index in [0.29, 0.717) is 33.4 Å². The molecule has 3 rings (SSSR count). The van der Waals surface area contributed by atoms with Gasteiger partial charge in [-0.05, 0) is 56.7 Å². The van der Waals surface area contributed by atoms with E-state index in [1.807, 2.05) is 13.0 Å². The summed E-state index contributed by atoms with van der Waals surface area (Å²) in [6, 6.07) is 8.00. The zero-order chi connectivity index (χ0) is 20.5. The molecule has 1 amide bonds. The van der Waals surface area contributed by atoms with Gasteiger partial charge < -0.3 is 5.32 Å². The van der Waals surface area contributed by atoms with Gasteiger partial charge in [0.15, 0.2) is 0 Å². The molecule has 0 bridgehead atoms. The van der Waals surface area contributed by atoms with Crippen LogP contribution in [0.4, 0.5) is 8.78 Å². The average molecular weight is 488 g/mol. The van der Waals surface area contributed by atoms with Crippen LogP contribution in [0.25, 0.3) is 10.1 Å². The highest BCUT2D eigenvalue weighted by Crippen LogP contribution is 2.54. The molecule has 0 fully saturated rings. The highest BCUT2D eigenvalue weighted by Gasteiger charge is 2.56. The Labute approximate surface area is 172 Å². The number of pyridine rings is 1. The summed E-state index contributed by atoms with van der Waals surface area (Å²) < 4.78 is 39.5. The van der Waals surface area contributed by atoms with Gasteiger partial charge in [-0.2, -0.15) is 4.89 Å². The standard InChI is InChI=1S/C18H14BrF2N2O3PS/c1-2-13(11-4-3-7-22-9-11)23-17(24)10-5-6-14-12(8-10)15(19)16(28-14)18(20,21)27(25)26/h3-9,13H,2H2,1H3,(H-,23,24,25,26)/p+1. The molecule has 0 spiro atoms. The molecule has 2 heterocycles. The maximum atomic E-state index is 14.0. The molecule has 5 nitrogen and oxygen atoms in total. The number of carbonyl (C=O) groups excluding carboxylic acids is 1. The van der Waals surface area contributed by atoms with Gasteiger partial charge in [0.05, 0.1) is 10.5 Å². The Hall–Kier alpha value is -1.80. The van der Waals surface area contributed by atoms with E-state index < -0.39 is 18.6 Å². The first kappa shape index (κ1) is 20.9. The maximum Gasteiger partial charge on any atom is 0.590 e. The molecule has 0 saturated heterocycles. The number of aromatic nitrogens is 1. The van der Waals surface area contributed by atoms with E-state index in [9.17, 15) is 18.1 Å². The summed E-state index contributed by atoms with van der Waals surface area (Å²) >= 11 is 3.81. The molecule has 28 heavy (non-hydrogen) atoms. The zero-order valence-electron chi connectivity index (χ0n) is 14.5. The minimum Gasteiger partial charge on any atom is -0.345 e. The fraction of sp³-hybridized carbons (Fsp3) is 0.222. The largest absolute Gasteiger partial charge is 0.590 e. The molecular formula is C18H15BrF2N2O3PS+. The Kier molecular flexibility index (Phi) is 6.19. The second kappa shape index (κ2) is 8.29. The quantitative estimate of drug-likeness (QED) is 0.435. The number of thiophene rings is 1. The first-order chi connectivity index (χ1) is 13.3. The fourth-order valence-corrected chi connectivity index (χ4v) is 5.44. The van der Waals surface area contributed by atoms with Crippen LogP contribution < -0.4 is 5.32 Å². The highest BCUT2D eigenvalue weighted by molar-refractivity contribution is 9.10. The van der Waals surface area contributed by atoms with Crippen molar-refractivity contribution in [2.24, 2.45) is 0 Å². The molecule has 3 aromatic rings. The molecule has 0 aliphatic carbocycles. The van der Waals surface area contributed by atoms with Crippen molar-refractivity contribution in [3.05, 3.63) is 63.2 Å². The number of alkyl halides is 2. The van der Waals surface area contributed by atoms with Gasteiger partial charge in [-0.15, -0.1) is 20.1 Å². The van der Waals surface area contributed by atoms with Gasteiger partial charge >= 0.3 is 13.7 Å². The van der Waals surface area contributed by atoms with E-state index >= 15 is 0 Å². The van der Waals surface area contributed by atoms with Crippen LogP contribution in [0.1, 0.15) is 40.2 Å². The third-order valence-corrected chi connectivity index (χ3v) is 7.39. The van der Waals surface area contributed by atoms with Crippen LogP contribution in [0.3, 0.4) is 0 Å². The number of benzene rings is 1. The number of nitrogens with one attached hydrogen (secondary N) is 1. The molecule has 146 valence electrons. The van der Waals surface area contributed by atoms with Crippen molar-refractivity contribution in [2.75, 3.05) is 0 Å². The van der Waals surface area contributed by atoms with E-state index in [1.165, 1.54) is 12.1 Å². The first-order valence-electron chi connectivity index (χ1n) is 8.23. The predicted molar refractivity (Wildman–Crippen MR) is 108 cm³/mol. The van der Waals surface area contributed by atoms with Crippen molar-refractivity contribution in [1.82, 2.24) is 10.3 Å². The third-order valence-electron chi connectivity index (χ3n) is 4.20. The SMILES string of the molecule is CCC(NC(=O)c1ccc2sc(C(F)(F)[P+](=O)O)c(Br)c2c1)c1cccnc1. The second-order valence-corrected chi connectivity index (χ2v) is 8.94. The minimum atomic E-state index is -3.87. The number of nitrogens with zero attached hydrogens (tertiary/aromatic N) is 1. The molecule has 2 atom stereocenters. The third kappa shape index (κ3) is 3.98. The number of halogens is 3. The number of amides is 1. The number of hydrogen-bond acceptors (Lipinski definition) is 4. The number of fused-ring (bicyclic) bond motifs is 1. The van der Waals surface area contributed by atoms with Crippen molar-refractivity contribution in [3.8, 4) is 0 Å². The molecule has 2 aromatic heterocycles. The van der Waals surface area contributed by atoms with Crippen LogP contribution in [0.15, 0.2) is 47.2 Å². The number of rotatable bonds is 6. The van der Waals surface area contributed by atoms with Gasteiger partial charge in [0.2, 0.25) is 0 Å². The normalized spacial score (nSPS) is 13.4. The summed E-state index contributed by atoms with van der Waals surface area (Å²) in [6.45, 7) is 1.93. The lowest BCUT2D eigenvalue weighted by Gasteiger charge is -2.17. The zero-order valence-corrected chi connectivity index (χ0v) is 17.8. The number of hydrogen-bond donors (Lipinski definition) is 2. The van der Waals surface area contributed by atoms with E-state index in [2.05, 4.69) is 26.2 Å². The van der Waals surface area contributed by atoms with Crippen LogP contribution in [-0.2, 0) is 10.2 Å². The van der Waals surface area contributed by atoms with E-state index in [4.69, 9.17) is 4.89 Å². The van der Waals surface area contributed by atoms with Crippen LogP contribution in [0.5, 0.6) is 0 Å². The van der Waals surface area contributed by atoms with Crippen molar-refractivity contribution in [1.29, 1.82) is 0 Å². The van der Waals surface area contributed by atoms with E-state index in [0.717, 1.165) is 5.56 Å². The summed E-state index contributed by atoms with van der Waals surface area (Å²) in [5.41, 5.74) is -2.70. The predicted octanol–water partition coefficient (Wildman–Crippen LogP) is 5.72. The smallest absolute Gasteiger partial charge is 0.345 e. The second-order valence-electron chi connectivity index (χ2n) is 5.99. The van der Waals surface area contributed by atoms with Gasteiger partial charge in [0, 0.05) is 28.0 Å². The Bertz CT molecular complexity index is 1050.